The Labute approximate surface area is 187 Å². The van der Waals surface area contributed by atoms with Gasteiger partial charge >= 0.3 is 0 Å². The summed E-state index contributed by atoms with van der Waals surface area (Å²) in [4.78, 5) is 12.7. The predicted octanol–water partition coefficient (Wildman–Crippen LogP) is 3.52. The minimum Gasteiger partial charge on any atom is -0.495 e. The maximum atomic E-state index is 13.0. The summed E-state index contributed by atoms with van der Waals surface area (Å²) in [6, 6.07) is 18.2. The Kier molecular flexibility index (Phi) is 6.55. The summed E-state index contributed by atoms with van der Waals surface area (Å²) in [6.45, 7) is 1.31. The number of hydrogen-bond acceptors (Lipinski definition) is 5. The molecule has 0 bridgehead atoms. The van der Waals surface area contributed by atoms with Crippen LogP contribution < -0.4 is 10.1 Å². The quantitative estimate of drug-likeness (QED) is 0.579. The summed E-state index contributed by atoms with van der Waals surface area (Å²) in [6.07, 6.45) is 3.16. The summed E-state index contributed by atoms with van der Waals surface area (Å²) < 4.78 is 37.9. The summed E-state index contributed by atoms with van der Waals surface area (Å²) >= 11 is 0. The molecule has 0 saturated carbocycles. The lowest BCUT2D eigenvalue weighted by Crippen LogP contribution is -2.40. The van der Waals surface area contributed by atoms with Crippen LogP contribution in [0.15, 0.2) is 71.6 Å². The van der Waals surface area contributed by atoms with Crippen molar-refractivity contribution in [1.82, 2.24) is 4.31 Å². The van der Waals surface area contributed by atoms with Gasteiger partial charge < -0.3 is 14.8 Å². The second kappa shape index (κ2) is 9.52. The standard InChI is InChI=1S/C24H24N2O5S/c1-30-23-11-10-20(32(28,29)26-13-15-31-16-14-26)17-22(23)25-24(27)12-9-19-7-4-6-18-5-2-3-8-21(18)19/h2-12,17H,13-16H2,1H3,(H,25,27)/b12-9+. The minimum absolute atomic E-state index is 0.0912. The monoisotopic (exact) mass is 452 g/mol. The zero-order valence-electron chi connectivity index (χ0n) is 17.7. The number of methoxy groups -OCH3 is 1. The molecule has 8 heteroatoms. The van der Waals surface area contributed by atoms with Crippen LogP contribution in [0.25, 0.3) is 16.8 Å². The molecule has 3 aromatic carbocycles. The zero-order valence-corrected chi connectivity index (χ0v) is 18.5. The van der Waals surface area contributed by atoms with Crippen LogP contribution in [-0.4, -0.2) is 52.0 Å². The summed E-state index contributed by atoms with van der Waals surface area (Å²) in [5.41, 5.74) is 1.20. The average molecular weight is 453 g/mol. The van der Waals surface area contributed by atoms with Gasteiger partial charge in [0.2, 0.25) is 15.9 Å². The first kappa shape index (κ1) is 22.0. The van der Waals surface area contributed by atoms with Gasteiger partial charge in [0.1, 0.15) is 5.75 Å². The van der Waals surface area contributed by atoms with Gasteiger partial charge in [-0.2, -0.15) is 4.31 Å². The number of rotatable bonds is 6. The molecule has 1 aliphatic heterocycles. The van der Waals surface area contributed by atoms with Crippen molar-refractivity contribution < 1.29 is 22.7 Å². The van der Waals surface area contributed by atoms with Crippen LogP contribution in [0.2, 0.25) is 0 Å². The molecule has 4 rings (SSSR count). The summed E-state index contributed by atoms with van der Waals surface area (Å²) in [5.74, 6) is -0.0185. The molecular weight excluding hydrogens is 428 g/mol. The van der Waals surface area contributed by atoms with E-state index in [1.165, 1.54) is 35.7 Å². The van der Waals surface area contributed by atoms with Crippen molar-refractivity contribution in [3.05, 3.63) is 72.3 Å². The van der Waals surface area contributed by atoms with E-state index in [0.717, 1.165) is 16.3 Å². The zero-order chi connectivity index (χ0) is 22.6. The maximum Gasteiger partial charge on any atom is 0.248 e. The molecule has 1 heterocycles. The van der Waals surface area contributed by atoms with Crippen molar-refractivity contribution in [2.24, 2.45) is 0 Å². The van der Waals surface area contributed by atoms with Gasteiger partial charge in [-0.15, -0.1) is 0 Å². The number of carbonyl (C=O) groups is 1. The van der Waals surface area contributed by atoms with Gasteiger partial charge in [0.05, 0.1) is 30.9 Å². The number of hydrogen-bond donors (Lipinski definition) is 1. The van der Waals surface area contributed by atoms with Gasteiger partial charge in [-0.25, -0.2) is 8.42 Å². The molecule has 1 aliphatic rings. The number of carbonyl (C=O) groups excluding carboxylic acids is 1. The van der Waals surface area contributed by atoms with E-state index >= 15 is 0 Å². The van der Waals surface area contributed by atoms with Crippen LogP contribution in [0.3, 0.4) is 0 Å². The Morgan fingerprint density at radius 2 is 1.81 bits per heavy atom. The van der Waals surface area contributed by atoms with Gasteiger partial charge in [-0.3, -0.25) is 4.79 Å². The fraction of sp³-hybridized carbons (Fsp3) is 0.208. The molecule has 0 aliphatic carbocycles. The fourth-order valence-electron chi connectivity index (χ4n) is 3.62. The van der Waals surface area contributed by atoms with E-state index in [1.807, 2.05) is 42.5 Å². The molecule has 1 saturated heterocycles. The molecule has 1 fully saturated rings. The third kappa shape index (κ3) is 4.67. The number of nitrogens with zero attached hydrogens (tertiary/aromatic N) is 1. The molecule has 0 radical (unpaired) electrons. The van der Waals surface area contributed by atoms with Crippen LogP contribution in [-0.2, 0) is 19.6 Å². The van der Waals surface area contributed by atoms with Crippen molar-refractivity contribution in [3.63, 3.8) is 0 Å². The van der Waals surface area contributed by atoms with Gasteiger partial charge in [-0.1, -0.05) is 42.5 Å². The minimum atomic E-state index is -3.70. The van der Waals surface area contributed by atoms with E-state index in [1.54, 1.807) is 6.08 Å². The second-order valence-corrected chi connectivity index (χ2v) is 9.21. The van der Waals surface area contributed by atoms with Crippen LogP contribution in [0.5, 0.6) is 5.75 Å². The molecule has 0 atom stereocenters. The van der Waals surface area contributed by atoms with Gasteiger partial charge in [0.15, 0.2) is 0 Å². The third-order valence-electron chi connectivity index (χ3n) is 5.27. The van der Waals surface area contributed by atoms with Crippen molar-refractivity contribution in [1.29, 1.82) is 0 Å². The van der Waals surface area contributed by atoms with Crippen molar-refractivity contribution in [2.75, 3.05) is 38.7 Å². The highest BCUT2D eigenvalue weighted by Crippen LogP contribution is 2.29. The SMILES string of the molecule is COc1ccc(S(=O)(=O)N2CCOCC2)cc1NC(=O)/C=C/c1cccc2ccccc12. The number of sulfonamides is 1. The van der Waals surface area contributed by atoms with Crippen LogP contribution in [0.1, 0.15) is 5.56 Å². The van der Waals surface area contributed by atoms with Gasteiger partial charge in [-0.05, 0) is 40.6 Å². The lowest BCUT2D eigenvalue weighted by molar-refractivity contribution is -0.111. The van der Waals surface area contributed by atoms with Crippen LogP contribution in [0, 0.1) is 0 Å². The Morgan fingerprint density at radius 1 is 1.06 bits per heavy atom. The molecule has 3 aromatic rings. The Hall–Kier alpha value is -3.20. The van der Waals surface area contributed by atoms with E-state index in [4.69, 9.17) is 9.47 Å². The summed E-state index contributed by atoms with van der Waals surface area (Å²) in [7, 11) is -2.23. The molecule has 0 spiro atoms. The first-order chi connectivity index (χ1) is 15.5. The summed E-state index contributed by atoms with van der Waals surface area (Å²) in [5, 5.41) is 4.86. The number of fused-ring (bicyclic) bond motifs is 1. The Balaban J connectivity index is 1.57. The number of nitrogens with one attached hydrogen (secondary N) is 1. The van der Waals surface area contributed by atoms with Crippen LogP contribution in [0.4, 0.5) is 5.69 Å². The van der Waals surface area contributed by atoms with Crippen molar-refractivity contribution in [2.45, 2.75) is 4.90 Å². The molecule has 0 aromatic heterocycles. The van der Waals surface area contributed by atoms with E-state index in [0.29, 0.717) is 32.1 Å². The predicted molar refractivity (Wildman–Crippen MR) is 124 cm³/mol. The topological polar surface area (TPSA) is 84.9 Å². The Morgan fingerprint density at radius 3 is 2.59 bits per heavy atom. The number of benzene rings is 3. The first-order valence-corrected chi connectivity index (χ1v) is 11.7. The molecule has 1 amide bonds. The molecule has 1 N–H and O–H groups in total. The first-order valence-electron chi connectivity index (χ1n) is 10.2. The molecule has 0 unspecified atom stereocenters. The average Bonchev–Trinajstić information content (AvgIpc) is 2.83. The van der Waals surface area contributed by atoms with Gasteiger partial charge in [0.25, 0.3) is 0 Å². The fourth-order valence-corrected chi connectivity index (χ4v) is 5.05. The highest BCUT2D eigenvalue weighted by atomic mass is 32.2. The van der Waals surface area contributed by atoms with Crippen LogP contribution >= 0.6 is 0 Å². The van der Waals surface area contributed by atoms with Gasteiger partial charge in [0, 0.05) is 19.2 Å². The number of anilines is 1. The number of amides is 1. The van der Waals surface area contributed by atoms with Crippen molar-refractivity contribution in [3.8, 4) is 5.75 Å². The molecule has 166 valence electrons. The largest absolute Gasteiger partial charge is 0.495 e. The lowest BCUT2D eigenvalue weighted by Gasteiger charge is -2.26. The Bertz CT molecular complexity index is 1260. The molecular formula is C24H24N2O5S. The third-order valence-corrected chi connectivity index (χ3v) is 7.17. The molecule has 7 nitrogen and oxygen atoms in total. The van der Waals surface area contributed by atoms with E-state index in [9.17, 15) is 13.2 Å². The van der Waals surface area contributed by atoms with Crippen molar-refractivity contribution >= 4 is 38.5 Å². The molecule has 32 heavy (non-hydrogen) atoms. The smallest absolute Gasteiger partial charge is 0.248 e. The highest BCUT2D eigenvalue weighted by molar-refractivity contribution is 7.89. The van der Waals surface area contributed by atoms with E-state index < -0.39 is 15.9 Å². The lowest BCUT2D eigenvalue weighted by atomic mass is 10.0. The number of ether oxygens (including phenoxy) is 2. The number of morpholine rings is 1. The maximum absolute atomic E-state index is 13.0. The van der Waals surface area contributed by atoms with E-state index in [2.05, 4.69) is 5.32 Å². The second-order valence-electron chi connectivity index (χ2n) is 7.27. The highest BCUT2D eigenvalue weighted by Gasteiger charge is 2.27. The van der Waals surface area contributed by atoms with E-state index in [-0.39, 0.29) is 10.6 Å². The normalized spacial score (nSPS) is 15.2.